The number of carbonyl (C=O) groups excluding carboxylic acids is 1. The Balaban J connectivity index is 2.10. The number of aromatic nitrogens is 1. The second-order valence-electron chi connectivity index (χ2n) is 7.71. The number of pyridine rings is 1. The van der Waals surface area contributed by atoms with Crippen LogP contribution in [0.3, 0.4) is 0 Å². The van der Waals surface area contributed by atoms with E-state index < -0.39 is 5.91 Å². The van der Waals surface area contributed by atoms with Gasteiger partial charge in [0.05, 0.1) is 26.4 Å². The van der Waals surface area contributed by atoms with Gasteiger partial charge < -0.3 is 28.8 Å². The highest BCUT2D eigenvalue weighted by atomic mass is 16.5. The first kappa shape index (κ1) is 23.2. The van der Waals surface area contributed by atoms with Crippen LogP contribution in [0.2, 0.25) is 0 Å². The lowest BCUT2D eigenvalue weighted by Crippen LogP contribution is -2.50. The molecule has 1 aliphatic heterocycles. The molecule has 0 radical (unpaired) electrons. The van der Waals surface area contributed by atoms with Crippen molar-refractivity contribution < 1.29 is 23.7 Å². The lowest BCUT2D eigenvalue weighted by molar-refractivity contribution is 0.0726. The summed E-state index contributed by atoms with van der Waals surface area (Å²) in [5.74, 6) is 0.300. The maximum atomic E-state index is 13.4. The third-order valence-corrected chi connectivity index (χ3v) is 5.48. The van der Waals surface area contributed by atoms with Gasteiger partial charge in [-0.3, -0.25) is 9.59 Å². The Morgan fingerprint density at radius 2 is 1.97 bits per heavy atom. The number of ether oxygens (including phenoxy) is 4. The average Bonchev–Trinajstić information content (AvgIpc) is 2.74. The van der Waals surface area contributed by atoms with Crippen molar-refractivity contribution in [2.24, 2.45) is 0 Å². The van der Waals surface area contributed by atoms with Gasteiger partial charge in [-0.2, -0.15) is 0 Å². The fourth-order valence-electron chi connectivity index (χ4n) is 3.97. The maximum absolute atomic E-state index is 13.4. The molecule has 0 saturated carbocycles. The largest absolute Gasteiger partial charge is 0.498 e. The Bertz CT molecular complexity index is 975. The molecule has 1 aromatic rings. The molecule has 1 amide bonds. The van der Waals surface area contributed by atoms with Gasteiger partial charge in [0, 0.05) is 32.7 Å². The van der Waals surface area contributed by atoms with E-state index in [1.165, 1.54) is 0 Å². The molecule has 1 aromatic heterocycles. The van der Waals surface area contributed by atoms with Crippen molar-refractivity contribution in [2.75, 3.05) is 41.2 Å². The van der Waals surface area contributed by atoms with Crippen LogP contribution in [0.15, 0.2) is 22.7 Å². The fourth-order valence-corrected chi connectivity index (χ4v) is 3.97. The Hall–Kier alpha value is -2.42. The summed E-state index contributed by atoms with van der Waals surface area (Å²) in [6.07, 6.45) is 8.81. The molecule has 3 rings (SSSR count). The summed E-state index contributed by atoms with van der Waals surface area (Å²) < 4.78 is 23.6. The third kappa shape index (κ3) is 5.64. The van der Waals surface area contributed by atoms with Crippen LogP contribution in [0.1, 0.15) is 36.0 Å². The predicted molar refractivity (Wildman–Crippen MR) is 117 cm³/mol. The SMILES string of the molecule is COCC(COC)NC(=O)c1c/c2c3n(c1=O)CCCCCOC(C=3)/C(OC)=C\C\C=2. The fraction of sp³-hybridized carbons (Fsp3) is 0.565. The van der Waals surface area contributed by atoms with E-state index in [-0.39, 0.29) is 23.3 Å². The van der Waals surface area contributed by atoms with Gasteiger partial charge in [-0.15, -0.1) is 0 Å². The summed E-state index contributed by atoms with van der Waals surface area (Å²) in [6.45, 7) is 1.77. The molecule has 0 aromatic carbocycles. The van der Waals surface area contributed by atoms with E-state index in [4.69, 9.17) is 18.9 Å². The molecule has 170 valence electrons. The zero-order valence-corrected chi connectivity index (χ0v) is 18.5. The van der Waals surface area contributed by atoms with Crippen LogP contribution in [0.25, 0.3) is 12.2 Å². The summed E-state index contributed by atoms with van der Waals surface area (Å²) in [5, 5.41) is 4.46. The average molecular weight is 433 g/mol. The van der Waals surface area contributed by atoms with Crippen LogP contribution in [0.4, 0.5) is 0 Å². The molecule has 1 aliphatic carbocycles. The number of carbonyl (C=O) groups is 1. The minimum atomic E-state index is -0.427. The van der Waals surface area contributed by atoms with Crippen molar-refractivity contribution >= 4 is 18.1 Å². The van der Waals surface area contributed by atoms with Gasteiger partial charge in [-0.1, -0.05) is 6.08 Å². The minimum Gasteiger partial charge on any atom is -0.498 e. The standard InChI is InChI=1S/C23H32N2O6/c1-28-14-17(15-29-2)24-22(26)18-12-16-8-7-9-20(30-3)21-13-19(16)25(23(18)27)10-5-4-6-11-31-21/h8-9,12-13,17,21H,4-7,10-11,14-15H2,1-3H3,(H,24,26)/b16-8-,19-13?,20-9+. The monoisotopic (exact) mass is 432 g/mol. The summed E-state index contributed by atoms with van der Waals surface area (Å²) in [6, 6.07) is 1.33. The summed E-state index contributed by atoms with van der Waals surface area (Å²) in [5.41, 5.74) is -0.191. The Kier molecular flexibility index (Phi) is 8.45. The van der Waals surface area contributed by atoms with Gasteiger partial charge in [0.1, 0.15) is 17.4 Å². The number of methoxy groups -OCH3 is 3. The molecular weight excluding hydrogens is 400 g/mol. The highest BCUT2D eigenvalue weighted by Crippen LogP contribution is 2.14. The number of hydrogen-bond acceptors (Lipinski definition) is 6. The molecule has 1 atom stereocenters. The van der Waals surface area contributed by atoms with Crippen molar-refractivity contribution in [3.63, 3.8) is 0 Å². The molecule has 31 heavy (non-hydrogen) atoms. The molecule has 8 nitrogen and oxygen atoms in total. The topological polar surface area (TPSA) is 88.0 Å². The number of rotatable bonds is 7. The molecule has 8 heteroatoms. The Morgan fingerprint density at radius 3 is 2.68 bits per heavy atom. The molecule has 1 unspecified atom stereocenters. The number of fused-ring (bicyclic) bond motifs is 1. The van der Waals surface area contributed by atoms with Crippen LogP contribution >= 0.6 is 0 Å². The molecule has 0 fully saturated rings. The highest BCUT2D eigenvalue weighted by Gasteiger charge is 2.21. The van der Waals surface area contributed by atoms with E-state index in [0.717, 1.165) is 35.6 Å². The van der Waals surface area contributed by atoms with Crippen LogP contribution < -0.4 is 21.4 Å². The molecular formula is C23H32N2O6. The highest BCUT2D eigenvalue weighted by molar-refractivity contribution is 5.94. The Morgan fingerprint density at radius 1 is 1.19 bits per heavy atom. The van der Waals surface area contributed by atoms with Crippen molar-refractivity contribution in [1.82, 2.24) is 9.88 Å². The minimum absolute atomic E-state index is 0.117. The number of amides is 1. The number of allylic oxidation sites excluding steroid dienone is 1. The first-order valence-electron chi connectivity index (χ1n) is 10.7. The summed E-state index contributed by atoms with van der Waals surface area (Å²) >= 11 is 0. The van der Waals surface area contributed by atoms with Gasteiger partial charge in [-0.05, 0) is 49.1 Å². The molecule has 0 saturated heterocycles. The number of nitrogens with one attached hydrogen (secondary N) is 1. The zero-order valence-electron chi connectivity index (χ0n) is 18.5. The van der Waals surface area contributed by atoms with Crippen LogP contribution in [-0.2, 0) is 25.5 Å². The molecule has 0 spiro atoms. The molecule has 2 heterocycles. The molecule has 1 N–H and O–H groups in total. The summed E-state index contributed by atoms with van der Waals surface area (Å²) in [7, 11) is 4.74. The smallest absolute Gasteiger partial charge is 0.263 e. The van der Waals surface area contributed by atoms with E-state index >= 15 is 0 Å². The van der Waals surface area contributed by atoms with Crippen molar-refractivity contribution in [3.8, 4) is 0 Å². The number of nitrogens with zero attached hydrogens (tertiary/aromatic N) is 1. The first-order valence-corrected chi connectivity index (χ1v) is 10.7. The Labute approximate surface area is 182 Å². The second-order valence-corrected chi connectivity index (χ2v) is 7.71. The van der Waals surface area contributed by atoms with E-state index in [0.29, 0.717) is 32.8 Å². The maximum Gasteiger partial charge on any atom is 0.263 e. The lowest BCUT2D eigenvalue weighted by Gasteiger charge is -2.21. The second kappa shape index (κ2) is 11.3. The van der Waals surface area contributed by atoms with Crippen LogP contribution in [0.5, 0.6) is 0 Å². The number of hydrogen-bond donors (Lipinski definition) is 1. The molecule has 2 bridgehead atoms. The van der Waals surface area contributed by atoms with Gasteiger partial charge >= 0.3 is 0 Å². The van der Waals surface area contributed by atoms with Gasteiger partial charge in [0.2, 0.25) is 0 Å². The molecule has 2 aliphatic rings. The predicted octanol–water partition coefficient (Wildman–Crippen LogP) is 0.304. The zero-order chi connectivity index (χ0) is 22.2. The van der Waals surface area contributed by atoms with E-state index in [1.807, 2.05) is 18.2 Å². The van der Waals surface area contributed by atoms with Crippen molar-refractivity contribution in [2.45, 2.75) is 44.4 Å². The van der Waals surface area contributed by atoms with Crippen LogP contribution in [-0.4, -0.2) is 63.8 Å². The quantitative estimate of drug-likeness (QED) is 0.667. The van der Waals surface area contributed by atoms with Gasteiger partial charge in [0.25, 0.3) is 11.5 Å². The van der Waals surface area contributed by atoms with E-state index in [1.54, 1.807) is 32.0 Å². The van der Waals surface area contributed by atoms with Crippen LogP contribution in [0, 0.1) is 0 Å². The summed E-state index contributed by atoms with van der Waals surface area (Å²) in [4.78, 5) is 26.4. The van der Waals surface area contributed by atoms with Crippen molar-refractivity contribution in [1.29, 1.82) is 0 Å². The third-order valence-electron chi connectivity index (χ3n) is 5.48. The first-order chi connectivity index (χ1) is 15.1. The van der Waals surface area contributed by atoms with Gasteiger partial charge in [-0.25, -0.2) is 0 Å². The lowest BCUT2D eigenvalue weighted by atomic mass is 10.1. The van der Waals surface area contributed by atoms with E-state index in [2.05, 4.69) is 5.32 Å². The van der Waals surface area contributed by atoms with Crippen molar-refractivity contribution in [3.05, 3.63) is 44.4 Å². The normalized spacial score (nSPS) is 21.5. The van der Waals surface area contributed by atoms with E-state index in [9.17, 15) is 9.59 Å². The van der Waals surface area contributed by atoms with Gasteiger partial charge in [0.15, 0.2) is 0 Å².